The van der Waals surface area contributed by atoms with E-state index in [-0.39, 0.29) is 12.1 Å². The van der Waals surface area contributed by atoms with E-state index in [0.717, 1.165) is 18.8 Å². The number of rotatable bonds is 3. The first-order valence-corrected chi connectivity index (χ1v) is 8.59. The maximum Gasteiger partial charge on any atom is 0.407 e. The number of nitrogens with one attached hydrogen (secondary N) is 2. The van der Waals surface area contributed by atoms with Crippen LogP contribution in [0.5, 0.6) is 0 Å². The molecular formula is C17H32N2O2. The van der Waals surface area contributed by atoms with Crippen molar-refractivity contribution in [3.8, 4) is 0 Å². The Bertz CT molecular complexity index is 351. The van der Waals surface area contributed by atoms with Crippen molar-refractivity contribution in [3.05, 3.63) is 0 Å². The first-order chi connectivity index (χ1) is 9.83. The Balaban J connectivity index is 1.81. The Kier molecular flexibility index (Phi) is 5.53. The fourth-order valence-corrected chi connectivity index (χ4v) is 3.68. The summed E-state index contributed by atoms with van der Waals surface area (Å²) in [6.45, 7) is 8.06. The van der Waals surface area contributed by atoms with Crippen LogP contribution in [-0.4, -0.2) is 29.8 Å². The van der Waals surface area contributed by atoms with Gasteiger partial charge in [0.25, 0.3) is 0 Å². The summed E-state index contributed by atoms with van der Waals surface area (Å²) in [5.41, 5.74) is -0.426. The highest BCUT2D eigenvalue weighted by Gasteiger charge is 2.32. The van der Waals surface area contributed by atoms with Gasteiger partial charge < -0.3 is 15.4 Å². The van der Waals surface area contributed by atoms with E-state index in [1.54, 1.807) is 0 Å². The maximum atomic E-state index is 11.9. The van der Waals surface area contributed by atoms with Gasteiger partial charge in [-0.25, -0.2) is 4.79 Å². The monoisotopic (exact) mass is 296 g/mol. The summed E-state index contributed by atoms with van der Waals surface area (Å²) in [5, 5.41) is 6.86. The van der Waals surface area contributed by atoms with Crippen molar-refractivity contribution in [2.24, 2.45) is 5.92 Å². The van der Waals surface area contributed by atoms with Crippen LogP contribution in [0.2, 0.25) is 0 Å². The Morgan fingerprint density at radius 2 is 1.71 bits per heavy atom. The third-order valence-corrected chi connectivity index (χ3v) is 4.60. The molecule has 0 heterocycles. The van der Waals surface area contributed by atoms with Crippen LogP contribution in [0.25, 0.3) is 0 Å². The van der Waals surface area contributed by atoms with E-state index >= 15 is 0 Å². The summed E-state index contributed by atoms with van der Waals surface area (Å²) in [4.78, 5) is 11.9. The van der Waals surface area contributed by atoms with Gasteiger partial charge >= 0.3 is 6.09 Å². The lowest BCUT2D eigenvalue weighted by Gasteiger charge is -2.32. The summed E-state index contributed by atoms with van der Waals surface area (Å²) in [6, 6.07) is 1.25. The first-order valence-electron chi connectivity index (χ1n) is 8.59. The van der Waals surface area contributed by atoms with Gasteiger partial charge in [-0.1, -0.05) is 19.8 Å². The van der Waals surface area contributed by atoms with E-state index in [4.69, 9.17) is 4.74 Å². The van der Waals surface area contributed by atoms with Crippen molar-refractivity contribution < 1.29 is 9.53 Å². The van der Waals surface area contributed by atoms with E-state index < -0.39 is 5.60 Å². The van der Waals surface area contributed by atoms with Crippen LogP contribution < -0.4 is 10.6 Å². The number of ether oxygens (including phenoxy) is 1. The minimum Gasteiger partial charge on any atom is -0.444 e. The van der Waals surface area contributed by atoms with E-state index in [1.165, 1.54) is 32.1 Å². The molecular weight excluding hydrogens is 264 g/mol. The van der Waals surface area contributed by atoms with Crippen molar-refractivity contribution in [3.63, 3.8) is 0 Å². The lowest BCUT2D eigenvalue weighted by molar-refractivity contribution is 0.0495. The minimum absolute atomic E-state index is 0.220. The molecule has 0 saturated heterocycles. The lowest BCUT2D eigenvalue weighted by atomic mass is 9.86. The van der Waals surface area contributed by atoms with E-state index in [0.29, 0.717) is 12.1 Å². The van der Waals surface area contributed by atoms with Crippen LogP contribution in [-0.2, 0) is 4.74 Å². The lowest BCUT2D eigenvalue weighted by Crippen LogP contribution is -2.51. The number of carbonyl (C=O) groups is 1. The largest absolute Gasteiger partial charge is 0.444 e. The second kappa shape index (κ2) is 6.99. The molecule has 2 aliphatic carbocycles. The van der Waals surface area contributed by atoms with Crippen molar-refractivity contribution in [1.29, 1.82) is 0 Å². The molecule has 4 atom stereocenters. The molecule has 0 bridgehead atoms. The Morgan fingerprint density at radius 1 is 1.05 bits per heavy atom. The van der Waals surface area contributed by atoms with Crippen LogP contribution >= 0.6 is 0 Å². The number of hydrogen-bond donors (Lipinski definition) is 2. The molecule has 0 radical (unpaired) electrons. The molecule has 122 valence electrons. The number of carbonyl (C=O) groups excluding carboxylic acids is 1. The molecule has 2 aliphatic rings. The molecule has 4 heteroatoms. The zero-order valence-corrected chi connectivity index (χ0v) is 14.1. The molecule has 0 aromatic rings. The van der Waals surface area contributed by atoms with E-state index in [1.807, 2.05) is 20.8 Å². The number of alkyl carbamates (subject to hydrolysis) is 1. The van der Waals surface area contributed by atoms with Gasteiger partial charge in [0.05, 0.1) is 0 Å². The van der Waals surface area contributed by atoms with Crippen LogP contribution in [0.4, 0.5) is 4.79 Å². The van der Waals surface area contributed by atoms with Gasteiger partial charge in [-0.05, 0) is 58.8 Å². The summed E-state index contributed by atoms with van der Waals surface area (Å²) >= 11 is 0. The molecule has 0 spiro atoms. The first kappa shape index (κ1) is 16.6. The average molecular weight is 296 g/mol. The molecule has 1 amide bonds. The minimum atomic E-state index is -0.426. The number of hydrogen-bond acceptors (Lipinski definition) is 3. The third kappa shape index (κ3) is 5.50. The van der Waals surface area contributed by atoms with Crippen LogP contribution in [0, 0.1) is 5.92 Å². The van der Waals surface area contributed by atoms with Crippen molar-refractivity contribution in [2.75, 3.05) is 0 Å². The SMILES string of the molecule is CC1CCCC(NC2CCCC2NC(=O)OC(C)(C)C)C1. The predicted octanol–water partition coefficient (Wildman–Crippen LogP) is 3.60. The summed E-state index contributed by atoms with van der Waals surface area (Å²) in [7, 11) is 0. The van der Waals surface area contributed by atoms with Gasteiger partial charge in [0, 0.05) is 18.1 Å². The van der Waals surface area contributed by atoms with Gasteiger partial charge in [-0.2, -0.15) is 0 Å². The highest BCUT2D eigenvalue weighted by Crippen LogP contribution is 2.27. The molecule has 21 heavy (non-hydrogen) atoms. The Hall–Kier alpha value is -0.770. The normalized spacial score (nSPS) is 33.7. The Labute approximate surface area is 129 Å². The fourth-order valence-electron chi connectivity index (χ4n) is 3.68. The molecule has 2 rings (SSSR count). The molecule has 0 aromatic heterocycles. The summed E-state index contributed by atoms with van der Waals surface area (Å²) in [6.07, 6.45) is 8.36. The van der Waals surface area contributed by atoms with Crippen molar-refractivity contribution in [1.82, 2.24) is 10.6 Å². The maximum absolute atomic E-state index is 11.9. The zero-order chi connectivity index (χ0) is 15.5. The zero-order valence-electron chi connectivity index (χ0n) is 14.1. The highest BCUT2D eigenvalue weighted by molar-refractivity contribution is 5.68. The van der Waals surface area contributed by atoms with Crippen LogP contribution in [0.15, 0.2) is 0 Å². The van der Waals surface area contributed by atoms with Gasteiger partial charge in [0.2, 0.25) is 0 Å². The summed E-state index contributed by atoms with van der Waals surface area (Å²) in [5.74, 6) is 0.829. The molecule has 0 aromatic carbocycles. The molecule has 2 N–H and O–H groups in total. The standard InChI is InChI=1S/C17H32N2O2/c1-12-7-5-8-13(11-12)18-14-9-6-10-15(14)19-16(20)21-17(2,3)4/h12-15,18H,5-11H2,1-4H3,(H,19,20). The second-order valence-corrected chi connectivity index (χ2v) is 7.93. The molecule has 4 nitrogen and oxygen atoms in total. The smallest absolute Gasteiger partial charge is 0.407 e. The van der Waals surface area contributed by atoms with Gasteiger partial charge in [-0.15, -0.1) is 0 Å². The summed E-state index contributed by atoms with van der Waals surface area (Å²) < 4.78 is 5.38. The van der Waals surface area contributed by atoms with E-state index in [9.17, 15) is 4.79 Å². The van der Waals surface area contributed by atoms with E-state index in [2.05, 4.69) is 17.6 Å². The molecule has 2 saturated carbocycles. The van der Waals surface area contributed by atoms with Crippen LogP contribution in [0.1, 0.15) is 72.6 Å². The fraction of sp³-hybridized carbons (Fsp3) is 0.941. The predicted molar refractivity (Wildman–Crippen MR) is 85.4 cm³/mol. The van der Waals surface area contributed by atoms with Crippen molar-refractivity contribution >= 4 is 6.09 Å². The molecule has 2 fully saturated rings. The molecule has 0 aliphatic heterocycles. The quantitative estimate of drug-likeness (QED) is 0.836. The highest BCUT2D eigenvalue weighted by atomic mass is 16.6. The number of amides is 1. The van der Waals surface area contributed by atoms with Gasteiger partial charge in [0.15, 0.2) is 0 Å². The third-order valence-electron chi connectivity index (χ3n) is 4.60. The second-order valence-electron chi connectivity index (χ2n) is 7.93. The topological polar surface area (TPSA) is 50.4 Å². The van der Waals surface area contributed by atoms with Crippen LogP contribution in [0.3, 0.4) is 0 Å². The molecule has 4 unspecified atom stereocenters. The Morgan fingerprint density at radius 3 is 2.38 bits per heavy atom. The van der Waals surface area contributed by atoms with Gasteiger partial charge in [0.1, 0.15) is 5.60 Å². The van der Waals surface area contributed by atoms with Crippen molar-refractivity contribution in [2.45, 2.75) is 96.4 Å². The van der Waals surface area contributed by atoms with Gasteiger partial charge in [-0.3, -0.25) is 0 Å². The average Bonchev–Trinajstić information content (AvgIpc) is 2.74.